The minimum atomic E-state index is -3.50. The summed E-state index contributed by atoms with van der Waals surface area (Å²) in [5.74, 6) is -5.13. The quantitative estimate of drug-likeness (QED) is 0.0173. The highest BCUT2D eigenvalue weighted by molar-refractivity contribution is 7.92. The molecule has 0 radical (unpaired) electrons. The predicted octanol–water partition coefficient (Wildman–Crippen LogP) is 7.33. The molecule has 31 heteroatoms. The molecule has 6 rings (SSSR count). The first-order chi connectivity index (χ1) is 49.3. The maximum atomic E-state index is 14.8. The molecule has 1 saturated heterocycles. The number of unbranched alkanes of at least 4 members (excludes halogenated alkanes) is 2. The topological polar surface area (TPSA) is 387 Å². The molecule has 104 heavy (non-hydrogen) atoms. The van der Waals surface area contributed by atoms with Crippen LogP contribution in [0.2, 0.25) is 0 Å². The fourth-order valence-electron chi connectivity index (χ4n) is 12.5. The molecule has 11 amide bonds. The number of methoxy groups -OCH3 is 2. The van der Waals surface area contributed by atoms with Gasteiger partial charge in [0.05, 0.1) is 52.9 Å². The van der Waals surface area contributed by atoms with E-state index in [9.17, 15) is 56.4 Å². The number of likely N-dealkylation sites (N-methyl/N-ethyl adjacent to an activating group) is 1. The van der Waals surface area contributed by atoms with E-state index in [2.05, 4.69) is 52.5 Å². The molecule has 3 heterocycles. The second-order valence-corrected chi connectivity index (χ2v) is 31.8. The molecule has 1 aliphatic rings. The van der Waals surface area contributed by atoms with Gasteiger partial charge in [0.1, 0.15) is 35.3 Å². The van der Waals surface area contributed by atoms with Crippen LogP contribution in [0.15, 0.2) is 88.7 Å². The van der Waals surface area contributed by atoms with Crippen LogP contribution in [-0.4, -0.2) is 183 Å². The van der Waals surface area contributed by atoms with E-state index in [1.807, 2.05) is 56.5 Å². The normalized spacial score (nSPS) is 15.8. The van der Waals surface area contributed by atoms with Crippen molar-refractivity contribution in [2.75, 3.05) is 52.5 Å². The molecule has 0 spiro atoms. The molecule has 1 aliphatic heterocycles. The monoisotopic (exact) mass is 1500 g/mol. The Bertz CT molecular complexity index is 3820. The number of fused-ring (bicyclic) bond motifs is 1. The molecular formula is C73H105N13O15S3. The van der Waals surface area contributed by atoms with Gasteiger partial charge in [-0.05, 0) is 118 Å². The molecule has 0 unspecified atom stereocenters. The average molecular weight is 1500 g/mol. The van der Waals surface area contributed by atoms with Crippen LogP contribution < -0.4 is 48.3 Å². The molecule has 28 nitrogen and oxygen atoms in total. The Morgan fingerprint density at radius 1 is 0.788 bits per heavy atom. The van der Waals surface area contributed by atoms with Crippen molar-refractivity contribution in [3.8, 4) is 0 Å². The summed E-state index contributed by atoms with van der Waals surface area (Å²) in [7, 11) is 1.19. The lowest BCUT2D eigenvalue weighted by molar-refractivity contribution is -0.148. The number of alkyl carbamates (subject to hydrolysis) is 1. The summed E-state index contributed by atoms with van der Waals surface area (Å²) < 4.78 is 42.1. The number of benzene rings is 3. The highest BCUT2D eigenvalue weighted by Gasteiger charge is 2.44. The first-order valence-corrected chi connectivity index (χ1v) is 38.9. The van der Waals surface area contributed by atoms with Crippen molar-refractivity contribution in [1.82, 2.24) is 57.0 Å². The van der Waals surface area contributed by atoms with E-state index in [-0.39, 0.29) is 84.7 Å². The van der Waals surface area contributed by atoms with Crippen molar-refractivity contribution >= 4 is 108 Å². The van der Waals surface area contributed by atoms with Crippen molar-refractivity contribution in [2.45, 2.75) is 198 Å². The number of anilines is 1. The molecule has 10 atom stereocenters. The fraction of sp³-hybridized carbons (Fsp3) is 0.562. The molecular weight excluding hydrogens is 1400 g/mol. The predicted molar refractivity (Wildman–Crippen MR) is 398 cm³/mol. The van der Waals surface area contributed by atoms with Crippen LogP contribution in [0.3, 0.4) is 0 Å². The molecule has 3 aromatic carbocycles. The highest BCUT2D eigenvalue weighted by Crippen LogP contribution is 2.32. The summed E-state index contributed by atoms with van der Waals surface area (Å²) >= 11 is 2.45. The minimum absolute atomic E-state index is 0.0301. The Morgan fingerprint density at radius 3 is 2.11 bits per heavy atom. The van der Waals surface area contributed by atoms with Gasteiger partial charge in [-0.25, -0.2) is 28.0 Å². The highest BCUT2D eigenvalue weighted by atomic mass is 32.2. The van der Waals surface area contributed by atoms with E-state index in [1.54, 1.807) is 100 Å². The van der Waals surface area contributed by atoms with E-state index in [0.717, 1.165) is 28.2 Å². The maximum Gasteiger partial charge on any atom is 0.408 e. The number of ether oxygens (including phenoxy) is 3. The van der Waals surface area contributed by atoms with Crippen molar-refractivity contribution < 1.29 is 70.6 Å². The third-order valence-corrected chi connectivity index (χ3v) is 22.2. The standard InChI is InChI=1S/C73H105N13O15S3/c1-14-45(6)61(55(99-11)41-58(88)86-37-22-26-54(86)62(100-12)46(7)63(89)80-53(67-76-36-38-102-67)39-47-23-17-15-18-24-47)85(10)68(93)60(44(4)5)83-69(94)73(8,9)84-71(96)101-42-48-28-31-50(32-29-48)78-65(91)52(25-21-35-77-70(74)95)79-66(92)59(43(2)3)82-57(87)27-19-16-20-34-75-64(90)49-30-33-51-56(40-49)103-72(81-51)104(13,97)98/h15,17-18,23-24,28-33,36,38,40,43-46,52-55,59-62H,14,16,19-22,25-27,34-35,37,39,41-42H2,1-13H3,(H,75,90)(H,78,91)(H,79,92)(H,80,89)(H,82,87)(H,83,94)(H,84,96)(H3,74,77,95)/t45-,46+,52-,53-,54-,55+,59-,60-,61-,62+/m0/s1. The minimum Gasteiger partial charge on any atom is -0.445 e. The number of urea groups is 1. The fourth-order valence-corrected chi connectivity index (χ4v) is 15.0. The van der Waals surface area contributed by atoms with Crippen LogP contribution >= 0.6 is 22.7 Å². The molecule has 1 fully saturated rings. The van der Waals surface area contributed by atoms with Crippen molar-refractivity contribution in [3.63, 3.8) is 0 Å². The van der Waals surface area contributed by atoms with E-state index in [1.165, 1.54) is 32.3 Å². The first-order valence-electron chi connectivity index (χ1n) is 35.3. The summed E-state index contributed by atoms with van der Waals surface area (Å²) in [4.78, 5) is 148. The second kappa shape index (κ2) is 40.0. The number of likely N-dealkylation sites (tertiary alicyclic amines) is 1. The zero-order valence-corrected chi connectivity index (χ0v) is 64.3. The van der Waals surface area contributed by atoms with Crippen molar-refractivity contribution in [2.24, 2.45) is 29.4 Å². The van der Waals surface area contributed by atoms with Gasteiger partial charge < -0.3 is 72.3 Å². The van der Waals surface area contributed by atoms with E-state index in [4.69, 9.17) is 19.9 Å². The number of carbonyl (C=O) groups is 10. The summed E-state index contributed by atoms with van der Waals surface area (Å²) in [5.41, 5.74) is 6.37. The molecule has 2 aromatic heterocycles. The third kappa shape index (κ3) is 24.8. The van der Waals surface area contributed by atoms with Crippen LogP contribution in [-0.2, 0) is 70.6 Å². The lowest BCUT2D eigenvalue weighted by atomic mass is 9.89. The number of amides is 11. The zero-order valence-electron chi connectivity index (χ0n) is 61.8. The number of thiazole rings is 2. The van der Waals surface area contributed by atoms with E-state index >= 15 is 0 Å². The van der Waals surface area contributed by atoms with Gasteiger partial charge in [-0.3, -0.25) is 38.4 Å². The molecule has 570 valence electrons. The lowest BCUT2D eigenvalue weighted by Gasteiger charge is -2.41. The average Bonchev–Trinajstić information content (AvgIpc) is 1.49. The number of nitrogens with one attached hydrogen (secondary N) is 8. The SMILES string of the molecule is CC[C@H](C)[C@@H]([C@@H](CC(=O)N1CCC[C@H]1[C@H](OC)[C@@H](C)C(=O)N[C@@H](Cc1ccccc1)c1nccs1)OC)N(C)C(=O)[C@@H](NC(=O)C(C)(C)NC(=O)OCc1ccc(NC(=O)[C@H](CCCNC(N)=O)NC(=O)[C@@H](NC(=O)CCCCCNC(=O)c2ccc3nc(S(C)(=O)=O)sc3c2)C(C)C)cc1)C(C)C. The van der Waals surface area contributed by atoms with E-state index < -0.39 is 105 Å². The summed E-state index contributed by atoms with van der Waals surface area (Å²) in [6.45, 7) is 16.4. The number of rotatable bonds is 40. The second-order valence-electron chi connectivity index (χ2n) is 27.7. The summed E-state index contributed by atoms with van der Waals surface area (Å²) in [6.07, 6.45) is 4.80. The molecule has 0 aliphatic carbocycles. The molecule has 0 bridgehead atoms. The van der Waals surface area contributed by atoms with Gasteiger partial charge in [0.15, 0.2) is 0 Å². The number of sulfone groups is 1. The summed E-state index contributed by atoms with van der Waals surface area (Å²) in [5, 5.41) is 25.0. The molecule has 5 aromatic rings. The number of hydrogen-bond donors (Lipinski definition) is 9. The van der Waals surface area contributed by atoms with Gasteiger partial charge in [0.25, 0.3) is 5.91 Å². The maximum absolute atomic E-state index is 14.8. The molecule has 0 saturated carbocycles. The van der Waals surface area contributed by atoms with Crippen LogP contribution in [0.1, 0.15) is 159 Å². The summed E-state index contributed by atoms with van der Waals surface area (Å²) in [6, 6.07) is 15.5. The van der Waals surface area contributed by atoms with Crippen molar-refractivity contribution in [1.29, 1.82) is 0 Å². The van der Waals surface area contributed by atoms with Gasteiger partial charge in [-0.15, -0.1) is 22.7 Å². The van der Waals surface area contributed by atoms with Gasteiger partial charge >= 0.3 is 12.1 Å². The van der Waals surface area contributed by atoms with Gasteiger partial charge in [-0.1, -0.05) is 104 Å². The zero-order chi connectivity index (χ0) is 76.6. The Hall–Kier alpha value is -8.65. The van der Waals surface area contributed by atoms with Crippen LogP contribution in [0.25, 0.3) is 10.2 Å². The van der Waals surface area contributed by atoms with Crippen molar-refractivity contribution in [3.05, 3.63) is 106 Å². The number of hydrogen-bond acceptors (Lipinski definition) is 19. The number of carbonyl (C=O) groups excluding carboxylic acids is 10. The Balaban J connectivity index is 0.983. The number of aromatic nitrogens is 2. The van der Waals surface area contributed by atoms with E-state index in [0.29, 0.717) is 85.1 Å². The third-order valence-electron chi connectivity index (χ3n) is 18.6. The lowest BCUT2D eigenvalue weighted by Crippen LogP contribution is -2.62. The first kappa shape index (κ1) is 84.3. The van der Waals surface area contributed by atoms with Gasteiger partial charge in [0.2, 0.25) is 55.5 Å². The van der Waals surface area contributed by atoms with Gasteiger partial charge in [0, 0.05) is 76.4 Å². The Labute approximate surface area is 617 Å². The largest absolute Gasteiger partial charge is 0.445 e. The van der Waals surface area contributed by atoms with Gasteiger partial charge in [-0.2, -0.15) is 0 Å². The van der Waals surface area contributed by atoms with Crippen LogP contribution in [0.5, 0.6) is 0 Å². The number of nitrogens with zero attached hydrogens (tertiary/aromatic N) is 4. The number of primary amides is 1. The smallest absolute Gasteiger partial charge is 0.408 e. The Kier molecular flexibility index (Phi) is 32.4. The van der Waals surface area contributed by atoms with Crippen LogP contribution in [0.4, 0.5) is 15.3 Å². The number of nitrogens with two attached hydrogens (primary N) is 1. The Morgan fingerprint density at radius 2 is 1.48 bits per heavy atom. The van der Waals surface area contributed by atoms with Crippen LogP contribution in [0, 0.1) is 23.7 Å². The molecule has 10 N–H and O–H groups in total.